The summed E-state index contributed by atoms with van der Waals surface area (Å²) in [5.41, 5.74) is 3.19. The van der Waals surface area contributed by atoms with Crippen molar-refractivity contribution in [3.8, 4) is 0 Å². The highest BCUT2D eigenvalue weighted by Gasteiger charge is 2.34. The molecule has 4 rings (SSSR count). The number of imide groups is 1. The number of carbonyl (C=O) groups is 2. The molecule has 0 bridgehead atoms. The van der Waals surface area contributed by atoms with Crippen molar-refractivity contribution in [1.29, 1.82) is 0 Å². The van der Waals surface area contributed by atoms with Crippen LogP contribution in [0.3, 0.4) is 0 Å². The van der Waals surface area contributed by atoms with Crippen LogP contribution in [0.5, 0.6) is 0 Å². The number of rotatable bonds is 4. The Morgan fingerprint density at radius 1 is 1.07 bits per heavy atom. The lowest BCUT2D eigenvalue weighted by Crippen LogP contribution is -2.54. The van der Waals surface area contributed by atoms with E-state index in [-0.39, 0.29) is 11.9 Å². The summed E-state index contributed by atoms with van der Waals surface area (Å²) in [7, 11) is 0. The third-order valence-electron chi connectivity index (χ3n) is 6.51. The molecule has 0 radical (unpaired) electrons. The van der Waals surface area contributed by atoms with E-state index in [1.165, 1.54) is 24.9 Å². The molecule has 1 aromatic carbocycles. The smallest absolute Gasteiger partial charge is 0.328 e. The molecule has 0 spiro atoms. The fourth-order valence-electron chi connectivity index (χ4n) is 4.61. The van der Waals surface area contributed by atoms with E-state index in [0.717, 1.165) is 49.4 Å². The molecule has 1 aromatic rings. The molecular formula is C21H30N4O2. The largest absolute Gasteiger partial charge is 0.369 e. The van der Waals surface area contributed by atoms with Gasteiger partial charge in [-0.3, -0.25) is 19.9 Å². The van der Waals surface area contributed by atoms with Crippen LogP contribution < -0.4 is 15.1 Å². The standard InChI is InChI=1S/C21H30N4O2/c1-3-16-13-18(14-16)24-10-8-23(9-11-24)17-4-5-19(15(2)12-17)25-7-6-20(26)22-21(25)27/h4-5,12,16,18H,3,6-11,13-14H2,1-2H3,(H,22,26,27). The van der Waals surface area contributed by atoms with Crippen molar-refractivity contribution in [2.24, 2.45) is 5.92 Å². The van der Waals surface area contributed by atoms with Crippen LogP contribution in [-0.4, -0.2) is 55.6 Å². The van der Waals surface area contributed by atoms with E-state index in [2.05, 4.69) is 34.2 Å². The topological polar surface area (TPSA) is 55.9 Å². The quantitative estimate of drug-likeness (QED) is 0.885. The van der Waals surface area contributed by atoms with Gasteiger partial charge in [-0.25, -0.2) is 4.79 Å². The number of nitrogens with one attached hydrogen (secondary N) is 1. The van der Waals surface area contributed by atoms with E-state index in [0.29, 0.717) is 13.0 Å². The van der Waals surface area contributed by atoms with E-state index in [9.17, 15) is 9.59 Å². The van der Waals surface area contributed by atoms with Crippen molar-refractivity contribution < 1.29 is 9.59 Å². The molecule has 27 heavy (non-hydrogen) atoms. The predicted octanol–water partition coefficient (Wildman–Crippen LogP) is 2.75. The highest BCUT2D eigenvalue weighted by atomic mass is 16.2. The van der Waals surface area contributed by atoms with Crippen LogP contribution in [0.15, 0.2) is 18.2 Å². The highest BCUT2D eigenvalue weighted by Crippen LogP contribution is 2.35. The Kier molecular flexibility index (Phi) is 5.08. The molecule has 2 saturated heterocycles. The number of aryl methyl sites for hydroxylation is 1. The first-order valence-corrected chi connectivity index (χ1v) is 10.3. The Hall–Kier alpha value is -2.08. The van der Waals surface area contributed by atoms with Gasteiger partial charge in [-0.15, -0.1) is 0 Å². The molecule has 1 saturated carbocycles. The molecule has 0 atom stereocenters. The summed E-state index contributed by atoms with van der Waals surface area (Å²) in [6.45, 7) is 9.19. The maximum atomic E-state index is 12.1. The number of benzene rings is 1. The lowest BCUT2D eigenvalue weighted by Gasteiger charge is -2.47. The summed E-state index contributed by atoms with van der Waals surface area (Å²) in [6, 6.07) is 6.79. The summed E-state index contributed by atoms with van der Waals surface area (Å²) in [6.07, 6.45) is 4.44. The third kappa shape index (κ3) is 3.68. The number of carbonyl (C=O) groups excluding carboxylic acids is 2. The number of piperazine rings is 1. The number of amides is 3. The molecule has 3 amide bonds. The van der Waals surface area contributed by atoms with Gasteiger partial charge in [0.15, 0.2) is 0 Å². The minimum atomic E-state index is -0.318. The zero-order valence-electron chi connectivity index (χ0n) is 16.4. The fourth-order valence-corrected chi connectivity index (χ4v) is 4.61. The Morgan fingerprint density at radius 3 is 2.44 bits per heavy atom. The van der Waals surface area contributed by atoms with Crippen LogP contribution in [0.4, 0.5) is 16.2 Å². The van der Waals surface area contributed by atoms with Crippen molar-refractivity contribution in [1.82, 2.24) is 10.2 Å². The lowest BCUT2D eigenvalue weighted by atomic mass is 9.77. The second-order valence-electron chi connectivity index (χ2n) is 8.15. The van der Waals surface area contributed by atoms with Crippen LogP contribution in [0.25, 0.3) is 0 Å². The van der Waals surface area contributed by atoms with Crippen molar-refractivity contribution in [2.45, 2.75) is 45.6 Å². The van der Waals surface area contributed by atoms with Crippen molar-refractivity contribution in [3.63, 3.8) is 0 Å². The molecule has 0 unspecified atom stereocenters. The monoisotopic (exact) mass is 370 g/mol. The van der Waals surface area contributed by atoms with Gasteiger partial charge in [0.1, 0.15) is 0 Å². The van der Waals surface area contributed by atoms with Crippen LogP contribution in [-0.2, 0) is 4.79 Å². The van der Waals surface area contributed by atoms with E-state index in [1.54, 1.807) is 4.90 Å². The van der Waals surface area contributed by atoms with Gasteiger partial charge in [-0.1, -0.05) is 13.3 Å². The van der Waals surface area contributed by atoms with Gasteiger partial charge in [-0.05, 0) is 49.4 Å². The van der Waals surface area contributed by atoms with Gasteiger partial charge in [0.05, 0.1) is 0 Å². The summed E-state index contributed by atoms with van der Waals surface area (Å²) >= 11 is 0. The van der Waals surface area contributed by atoms with E-state index < -0.39 is 0 Å². The zero-order valence-corrected chi connectivity index (χ0v) is 16.4. The second-order valence-corrected chi connectivity index (χ2v) is 8.15. The van der Waals surface area contributed by atoms with E-state index >= 15 is 0 Å². The number of hydrogen-bond donors (Lipinski definition) is 1. The Bertz CT molecular complexity index is 721. The molecule has 1 N–H and O–H groups in total. The Labute approximate surface area is 161 Å². The van der Waals surface area contributed by atoms with Crippen molar-refractivity contribution in [2.75, 3.05) is 42.5 Å². The molecule has 0 aromatic heterocycles. The first-order chi connectivity index (χ1) is 13.0. The van der Waals surface area contributed by atoms with Crippen molar-refractivity contribution in [3.05, 3.63) is 23.8 Å². The van der Waals surface area contributed by atoms with Crippen LogP contribution >= 0.6 is 0 Å². The maximum absolute atomic E-state index is 12.1. The second kappa shape index (κ2) is 7.50. The average Bonchev–Trinajstić information content (AvgIpc) is 2.62. The molecular weight excluding hydrogens is 340 g/mol. The normalized spacial score (nSPS) is 26.7. The number of anilines is 2. The molecule has 2 aliphatic heterocycles. The average molecular weight is 370 g/mol. The van der Waals surface area contributed by atoms with Crippen LogP contribution in [0.1, 0.15) is 38.2 Å². The summed E-state index contributed by atoms with van der Waals surface area (Å²) < 4.78 is 0. The third-order valence-corrected chi connectivity index (χ3v) is 6.51. The van der Waals surface area contributed by atoms with E-state index in [4.69, 9.17) is 0 Å². The number of nitrogens with zero attached hydrogens (tertiary/aromatic N) is 3. The maximum Gasteiger partial charge on any atom is 0.328 e. The minimum Gasteiger partial charge on any atom is -0.369 e. The molecule has 1 aliphatic carbocycles. The fraction of sp³-hybridized carbons (Fsp3) is 0.619. The molecule has 3 fully saturated rings. The van der Waals surface area contributed by atoms with Gasteiger partial charge in [0.2, 0.25) is 5.91 Å². The Morgan fingerprint density at radius 2 is 1.81 bits per heavy atom. The molecule has 6 heteroatoms. The first kappa shape index (κ1) is 18.3. The van der Waals surface area contributed by atoms with Gasteiger partial charge in [0.25, 0.3) is 0 Å². The first-order valence-electron chi connectivity index (χ1n) is 10.3. The molecule has 3 aliphatic rings. The summed E-state index contributed by atoms with van der Waals surface area (Å²) in [5.74, 6) is 0.755. The summed E-state index contributed by atoms with van der Waals surface area (Å²) in [5, 5.41) is 2.40. The van der Waals surface area contributed by atoms with Gasteiger partial charge < -0.3 is 4.90 Å². The molecule has 146 valence electrons. The van der Waals surface area contributed by atoms with Crippen LogP contribution in [0.2, 0.25) is 0 Å². The predicted molar refractivity (Wildman–Crippen MR) is 107 cm³/mol. The highest BCUT2D eigenvalue weighted by molar-refractivity contribution is 6.06. The minimum absolute atomic E-state index is 0.194. The Balaban J connectivity index is 1.37. The van der Waals surface area contributed by atoms with Gasteiger partial charge >= 0.3 is 6.03 Å². The SMILES string of the molecule is CCC1CC(N2CCN(c3ccc(N4CCC(=O)NC4=O)c(C)c3)CC2)C1. The molecule has 2 heterocycles. The van der Waals surface area contributed by atoms with Gasteiger partial charge in [0, 0.05) is 56.6 Å². The number of urea groups is 1. The van der Waals surface area contributed by atoms with E-state index in [1.807, 2.05) is 13.0 Å². The summed E-state index contributed by atoms with van der Waals surface area (Å²) in [4.78, 5) is 30.2. The zero-order chi connectivity index (χ0) is 19.0. The number of hydrogen-bond acceptors (Lipinski definition) is 4. The lowest BCUT2D eigenvalue weighted by molar-refractivity contribution is -0.120. The molecule has 6 nitrogen and oxygen atoms in total. The van der Waals surface area contributed by atoms with Crippen molar-refractivity contribution >= 4 is 23.3 Å². The van der Waals surface area contributed by atoms with Gasteiger partial charge in [-0.2, -0.15) is 0 Å². The van der Waals surface area contributed by atoms with Crippen LogP contribution in [0, 0.1) is 12.8 Å².